The van der Waals surface area contributed by atoms with E-state index in [0.29, 0.717) is 46.5 Å². The van der Waals surface area contributed by atoms with Crippen LogP contribution in [-0.4, -0.2) is 23.6 Å². The molecule has 13 heteroatoms. The number of halogens is 6. The number of rotatable bonds is 4. The molecule has 40 heavy (non-hydrogen) atoms. The Morgan fingerprint density at radius 2 is 1.93 bits per heavy atom. The average Bonchev–Trinajstić information content (AvgIpc) is 3.59. The SMILES string of the molecule is O=C(Nc1cc(-c2cnoc2)c2c3c1C(c1cc(F)ccc1Cl)NC(=O)N3CC2)c1cc(F)cc(C(F)(F)F)c1. The van der Waals surface area contributed by atoms with Crippen LogP contribution < -0.4 is 15.5 Å². The second-order valence-electron chi connectivity index (χ2n) is 9.26. The molecule has 6 rings (SSSR count). The molecule has 0 aliphatic carbocycles. The summed E-state index contributed by atoms with van der Waals surface area (Å²) in [6.07, 6.45) is -1.67. The first-order valence-electron chi connectivity index (χ1n) is 11.8. The molecular weight excluding hydrogens is 559 g/mol. The van der Waals surface area contributed by atoms with Crippen molar-refractivity contribution in [2.45, 2.75) is 18.6 Å². The van der Waals surface area contributed by atoms with Crippen molar-refractivity contribution < 1.29 is 36.1 Å². The Labute approximate surface area is 227 Å². The summed E-state index contributed by atoms with van der Waals surface area (Å²) in [7, 11) is 0. The van der Waals surface area contributed by atoms with E-state index in [0.717, 1.165) is 12.1 Å². The lowest BCUT2D eigenvalue weighted by Gasteiger charge is -2.35. The zero-order chi connectivity index (χ0) is 28.3. The molecule has 2 N–H and O–H groups in total. The van der Waals surface area contributed by atoms with Crippen molar-refractivity contribution in [1.82, 2.24) is 10.5 Å². The van der Waals surface area contributed by atoms with Gasteiger partial charge in [0, 0.05) is 39.5 Å². The van der Waals surface area contributed by atoms with Gasteiger partial charge in [-0.2, -0.15) is 13.2 Å². The number of amides is 3. The molecule has 0 radical (unpaired) electrons. The van der Waals surface area contributed by atoms with Gasteiger partial charge in [0.15, 0.2) is 0 Å². The Morgan fingerprint density at radius 3 is 2.65 bits per heavy atom. The van der Waals surface area contributed by atoms with Gasteiger partial charge < -0.3 is 15.2 Å². The fourth-order valence-electron chi connectivity index (χ4n) is 5.14. The Kier molecular flexibility index (Phi) is 6.02. The standard InChI is InChI=1S/C27H16ClF5N4O3/c28-20-2-1-15(29)8-19(20)23-22-21(35-25(38)12-5-14(27(31,32)33)7-16(30)6-12)9-18(13-10-34-40-11-13)17-3-4-37(24(17)22)26(39)36-23/h1-2,5-11,23H,3-4H2,(H,35,38)(H,36,39). The second kappa shape index (κ2) is 9.33. The highest BCUT2D eigenvalue weighted by molar-refractivity contribution is 6.31. The lowest BCUT2D eigenvalue weighted by molar-refractivity contribution is -0.137. The van der Waals surface area contributed by atoms with Crippen LogP contribution in [0, 0.1) is 11.6 Å². The van der Waals surface area contributed by atoms with Gasteiger partial charge in [-0.25, -0.2) is 13.6 Å². The Morgan fingerprint density at radius 1 is 1.12 bits per heavy atom. The van der Waals surface area contributed by atoms with Gasteiger partial charge in [-0.1, -0.05) is 16.8 Å². The molecule has 7 nitrogen and oxygen atoms in total. The summed E-state index contributed by atoms with van der Waals surface area (Å²) >= 11 is 6.39. The van der Waals surface area contributed by atoms with Crippen molar-refractivity contribution >= 4 is 34.9 Å². The van der Waals surface area contributed by atoms with E-state index in [2.05, 4.69) is 15.8 Å². The van der Waals surface area contributed by atoms with Crippen LogP contribution in [-0.2, 0) is 12.6 Å². The summed E-state index contributed by atoms with van der Waals surface area (Å²) < 4.78 is 73.3. The third kappa shape index (κ3) is 4.34. The summed E-state index contributed by atoms with van der Waals surface area (Å²) in [4.78, 5) is 27.9. The third-order valence-electron chi connectivity index (χ3n) is 6.85. The molecule has 3 amide bonds. The van der Waals surface area contributed by atoms with Crippen molar-refractivity contribution in [3.05, 3.63) is 99.4 Å². The van der Waals surface area contributed by atoms with Gasteiger partial charge >= 0.3 is 12.2 Å². The van der Waals surface area contributed by atoms with Crippen LogP contribution in [0.1, 0.15) is 38.7 Å². The molecule has 204 valence electrons. The molecule has 0 fully saturated rings. The lowest BCUT2D eigenvalue weighted by Crippen LogP contribution is -2.46. The van der Waals surface area contributed by atoms with Crippen molar-refractivity contribution in [2.24, 2.45) is 0 Å². The minimum Gasteiger partial charge on any atom is -0.364 e. The highest BCUT2D eigenvalue weighted by Gasteiger charge is 2.41. The predicted octanol–water partition coefficient (Wildman–Crippen LogP) is 6.72. The summed E-state index contributed by atoms with van der Waals surface area (Å²) in [6.45, 7) is 0.284. The molecule has 2 aliphatic rings. The molecule has 1 unspecified atom stereocenters. The molecule has 0 saturated carbocycles. The van der Waals surface area contributed by atoms with E-state index in [1.165, 1.54) is 23.4 Å². The highest BCUT2D eigenvalue weighted by atomic mass is 35.5. The summed E-state index contributed by atoms with van der Waals surface area (Å²) in [6, 6.07) is 5.14. The number of anilines is 2. The van der Waals surface area contributed by atoms with Gasteiger partial charge in [0.2, 0.25) is 0 Å². The normalized spacial score (nSPS) is 16.1. The van der Waals surface area contributed by atoms with Crippen molar-refractivity contribution in [1.29, 1.82) is 0 Å². The maximum atomic E-state index is 14.3. The first-order valence-corrected chi connectivity index (χ1v) is 12.2. The molecule has 1 atom stereocenters. The third-order valence-corrected chi connectivity index (χ3v) is 7.19. The van der Waals surface area contributed by atoms with Crippen molar-refractivity contribution in [3.63, 3.8) is 0 Å². The van der Waals surface area contributed by atoms with Crippen LogP contribution in [0.2, 0.25) is 5.02 Å². The predicted molar refractivity (Wildman–Crippen MR) is 134 cm³/mol. The van der Waals surface area contributed by atoms with E-state index < -0.39 is 46.9 Å². The van der Waals surface area contributed by atoms with Crippen LogP contribution in [0.3, 0.4) is 0 Å². The van der Waals surface area contributed by atoms with Crippen LogP contribution >= 0.6 is 11.6 Å². The number of urea groups is 1. The number of nitrogens with zero attached hydrogens (tertiary/aromatic N) is 2. The number of benzene rings is 3. The highest BCUT2D eigenvalue weighted by Crippen LogP contribution is 2.50. The Bertz CT molecular complexity index is 1690. The molecule has 1 aromatic heterocycles. The maximum absolute atomic E-state index is 14.3. The number of alkyl halides is 3. The van der Waals surface area contributed by atoms with E-state index in [1.54, 1.807) is 6.07 Å². The zero-order valence-electron chi connectivity index (χ0n) is 20.1. The molecule has 0 saturated heterocycles. The number of aromatic nitrogens is 1. The van der Waals surface area contributed by atoms with Gasteiger partial charge in [0.25, 0.3) is 5.91 Å². The van der Waals surface area contributed by atoms with E-state index in [9.17, 15) is 31.5 Å². The van der Waals surface area contributed by atoms with Crippen molar-refractivity contribution in [2.75, 3.05) is 16.8 Å². The molecule has 4 aromatic rings. The summed E-state index contributed by atoms with van der Waals surface area (Å²) in [5.41, 5.74) is 0.910. The topological polar surface area (TPSA) is 87.5 Å². The molecular formula is C27H16ClF5N4O3. The van der Waals surface area contributed by atoms with Gasteiger partial charge in [-0.3, -0.25) is 9.69 Å². The first-order chi connectivity index (χ1) is 19.0. The first kappa shape index (κ1) is 25.8. The molecule has 0 spiro atoms. The van der Waals surface area contributed by atoms with E-state index in [-0.39, 0.29) is 28.9 Å². The largest absolute Gasteiger partial charge is 0.416 e. The molecule has 3 heterocycles. The van der Waals surface area contributed by atoms with Gasteiger partial charge in [-0.05, 0) is 60.0 Å². The molecule has 3 aromatic carbocycles. The van der Waals surface area contributed by atoms with E-state index in [4.69, 9.17) is 16.1 Å². The van der Waals surface area contributed by atoms with Gasteiger partial charge in [0.1, 0.15) is 17.9 Å². The smallest absolute Gasteiger partial charge is 0.364 e. The van der Waals surface area contributed by atoms with Crippen LogP contribution in [0.15, 0.2) is 59.4 Å². The molecule has 0 bridgehead atoms. The van der Waals surface area contributed by atoms with E-state index in [1.807, 2.05) is 0 Å². The van der Waals surface area contributed by atoms with Crippen LogP contribution in [0.25, 0.3) is 11.1 Å². The lowest BCUT2D eigenvalue weighted by atomic mass is 9.88. The number of hydrogen-bond donors (Lipinski definition) is 2. The van der Waals surface area contributed by atoms with Crippen LogP contribution in [0.4, 0.5) is 38.1 Å². The van der Waals surface area contributed by atoms with Gasteiger partial charge in [-0.15, -0.1) is 0 Å². The Balaban J connectivity index is 1.55. The average molecular weight is 575 g/mol. The fourth-order valence-corrected chi connectivity index (χ4v) is 5.37. The fraction of sp³-hybridized carbons (Fsp3) is 0.148. The van der Waals surface area contributed by atoms with Gasteiger partial charge in [0.05, 0.1) is 23.5 Å². The number of nitrogens with one attached hydrogen (secondary N) is 2. The van der Waals surface area contributed by atoms with Crippen molar-refractivity contribution in [3.8, 4) is 11.1 Å². The summed E-state index contributed by atoms with van der Waals surface area (Å²) in [5.74, 6) is -2.91. The van der Waals surface area contributed by atoms with E-state index >= 15 is 0 Å². The second-order valence-corrected chi connectivity index (χ2v) is 9.66. The minimum absolute atomic E-state index is 0.0787. The number of carbonyl (C=O) groups excluding carboxylic acids is 2. The Hall–Kier alpha value is -4.45. The number of hydrogen-bond acceptors (Lipinski definition) is 4. The quantitative estimate of drug-likeness (QED) is 0.265. The maximum Gasteiger partial charge on any atom is 0.416 e. The summed E-state index contributed by atoms with van der Waals surface area (Å²) in [5, 5.41) is 9.21. The molecule has 2 aliphatic heterocycles. The number of carbonyl (C=O) groups is 2. The monoisotopic (exact) mass is 574 g/mol. The zero-order valence-corrected chi connectivity index (χ0v) is 20.8. The van der Waals surface area contributed by atoms with Crippen LogP contribution in [0.5, 0.6) is 0 Å². The minimum atomic E-state index is -4.89.